The number of nitrogens with zero attached hydrogens (tertiary/aromatic N) is 1. The predicted molar refractivity (Wildman–Crippen MR) is 305 cm³/mol. The topological polar surface area (TPSA) is 209 Å². The lowest BCUT2D eigenvalue weighted by Gasteiger charge is -2.43. The van der Waals surface area contributed by atoms with Crippen LogP contribution in [0.5, 0.6) is 0 Å². The fourth-order valence-electron chi connectivity index (χ4n) is 11.9. The molecule has 0 aromatic carbocycles. The van der Waals surface area contributed by atoms with Crippen molar-refractivity contribution in [3.8, 4) is 0 Å². The monoisotopic (exact) mass is 1140 g/mol. The summed E-state index contributed by atoms with van der Waals surface area (Å²) < 4.78 is 55.0. The molecule has 1 N–H and O–H groups in total. The van der Waals surface area contributed by atoms with Crippen molar-refractivity contribution in [1.29, 1.82) is 0 Å². The molecule has 0 spiro atoms. The van der Waals surface area contributed by atoms with Crippen LogP contribution in [0.4, 0.5) is 0 Å². The van der Waals surface area contributed by atoms with Crippen LogP contribution in [-0.4, -0.2) is 155 Å². The molecule has 3 saturated heterocycles. The lowest BCUT2D eigenvalue weighted by Crippen LogP contribution is -2.61. The summed E-state index contributed by atoms with van der Waals surface area (Å²) in [6.45, 7) is 25.0. The number of ether oxygens (including phenoxy) is 8. The largest absolute Gasteiger partial charge is 0.460 e. The van der Waals surface area contributed by atoms with Crippen LogP contribution in [0, 0.1) is 40.9 Å². The molecule has 0 aromatic rings. The molecule has 4 heterocycles. The minimum absolute atomic E-state index is 0.0263. The number of allylic oxidation sites excluding steroid dienone is 6. The number of aliphatic hydroxyl groups is 1. The number of hydrogen-bond acceptors (Lipinski definition) is 16. The Kier molecular flexibility index (Phi) is 24.5. The van der Waals surface area contributed by atoms with Gasteiger partial charge in [0.2, 0.25) is 5.79 Å². The van der Waals surface area contributed by atoms with Gasteiger partial charge < -0.3 is 52.3 Å². The molecule has 17 nitrogen and oxygen atoms in total. The Morgan fingerprint density at radius 3 is 2.14 bits per heavy atom. The van der Waals surface area contributed by atoms with Gasteiger partial charge in [0.1, 0.15) is 35.6 Å². The van der Waals surface area contributed by atoms with Gasteiger partial charge in [-0.1, -0.05) is 71.1 Å². The van der Waals surface area contributed by atoms with Gasteiger partial charge in [-0.15, -0.1) is 0 Å². The number of fused-ring (bicyclic) bond motifs is 3. The van der Waals surface area contributed by atoms with Crippen molar-refractivity contribution in [3.05, 3.63) is 47.6 Å². The number of carbonyl (C=O) groups is 6. The molecule has 0 aromatic heterocycles. The van der Waals surface area contributed by atoms with E-state index in [-0.39, 0.29) is 61.9 Å². The molecule has 4 fully saturated rings. The van der Waals surface area contributed by atoms with E-state index in [9.17, 15) is 33.9 Å². The van der Waals surface area contributed by atoms with Gasteiger partial charge in [0.25, 0.3) is 11.7 Å². The Balaban J connectivity index is 1.48. The molecule has 452 valence electrons. The van der Waals surface area contributed by atoms with Crippen LogP contribution >= 0.6 is 0 Å². The predicted octanol–water partition coefficient (Wildman–Crippen LogP) is 9.38. The third kappa shape index (κ3) is 17.9. The molecule has 2 bridgehead atoms. The second kappa shape index (κ2) is 29.2. The zero-order valence-corrected chi connectivity index (χ0v) is 52.2. The molecular formula is C62H99NO16Si. The maximum atomic E-state index is 14.8. The average Bonchev–Trinajstić information content (AvgIpc) is 3.40. The lowest BCUT2D eigenvalue weighted by molar-refractivity contribution is -0.283. The van der Waals surface area contributed by atoms with E-state index in [1.54, 1.807) is 48.8 Å². The standard InChI is InChI=1S/C62H99NO16Si/c1-38-22-18-17-19-23-39(2)50(71-11)34-46-27-25-44(7)62(70,78-46)56(66)57(67)63-29-21-20-24-47(63)58(68)76-51(35-48(64)40(3)31-43(6)54(79-80(14,15)16)55(73-13)53(65)42(5)30-38)41(4)32-45-26-28-49(52(33-45)72-12)77-59(69)61(10)36-74-60(8,9)75-37-61/h17-19,22-23,31,38,40-42,44-47,49-52,54-55,70H,20-21,24-30,32-37H2,1-16H3/b19-17?,22-18+,39-23?,43-31+. The van der Waals surface area contributed by atoms with E-state index < -0.39 is 115 Å². The Labute approximate surface area is 478 Å². The molecule has 4 aliphatic heterocycles. The summed E-state index contributed by atoms with van der Waals surface area (Å²) in [5, 5.41) is 12.1. The first-order valence-corrected chi connectivity index (χ1v) is 32.8. The SMILES string of the molecule is COC1CC2CCC(C)C(O)(O2)C(=O)C(=O)N2CCCCC2C(=O)OC(C(C)CC2CCC(OC(=O)C3(C)COC(C)(C)OC3)C(OC)C2)CC(=O)C(C)/C=C(\C)C(O[Si](C)(C)C)C(OC)C(=O)C(C)CC(C)/C=C/C=CC=C1C. The minimum atomic E-state index is -2.45. The van der Waals surface area contributed by atoms with E-state index in [4.69, 9.17) is 42.3 Å². The van der Waals surface area contributed by atoms with Gasteiger partial charge >= 0.3 is 11.9 Å². The second-order valence-corrected chi connectivity index (χ2v) is 30.2. The summed E-state index contributed by atoms with van der Waals surface area (Å²) in [7, 11) is 2.36. The molecule has 1 saturated carbocycles. The molecule has 5 aliphatic rings. The summed E-state index contributed by atoms with van der Waals surface area (Å²) >= 11 is 0. The van der Waals surface area contributed by atoms with Crippen molar-refractivity contribution in [2.75, 3.05) is 41.1 Å². The lowest BCUT2D eigenvalue weighted by atomic mass is 9.78. The van der Waals surface area contributed by atoms with Crippen LogP contribution < -0.4 is 0 Å². The van der Waals surface area contributed by atoms with Crippen LogP contribution in [0.25, 0.3) is 0 Å². The highest BCUT2D eigenvalue weighted by Gasteiger charge is 2.53. The zero-order chi connectivity index (χ0) is 59.5. The highest BCUT2D eigenvalue weighted by Crippen LogP contribution is 2.40. The quantitative estimate of drug-likeness (QED) is 0.0935. The third-order valence-corrected chi connectivity index (χ3v) is 18.1. The second-order valence-electron chi connectivity index (χ2n) is 25.7. The van der Waals surface area contributed by atoms with Crippen LogP contribution in [0.3, 0.4) is 0 Å². The summed E-state index contributed by atoms with van der Waals surface area (Å²) in [5.41, 5.74) is 0.561. The van der Waals surface area contributed by atoms with Gasteiger partial charge in [0.15, 0.2) is 19.9 Å². The highest BCUT2D eigenvalue weighted by atomic mass is 28.4. The normalized spacial score (nSPS) is 36.6. The number of rotatable bonds is 10. The average molecular weight is 1140 g/mol. The fraction of sp³-hybridized carbons (Fsp3) is 0.774. The number of esters is 2. The number of piperidine rings is 1. The van der Waals surface area contributed by atoms with Crippen LogP contribution in [-0.2, 0) is 71.1 Å². The summed E-state index contributed by atoms with van der Waals surface area (Å²) in [6, 6.07) is -1.17. The number of hydrogen-bond donors (Lipinski definition) is 1. The Morgan fingerprint density at radius 2 is 1.50 bits per heavy atom. The van der Waals surface area contributed by atoms with E-state index in [2.05, 4.69) is 6.92 Å². The van der Waals surface area contributed by atoms with Crippen LogP contribution in [0.15, 0.2) is 47.6 Å². The molecule has 5 rings (SSSR count). The smallest absolute Gasteiger partial charge is 0.329 e. The van der Waals surface area contributed by atoms with Crippen molar-refractivity contribution >= 4 is 43.5 Å². The van der Waals surface area contributed by atoms with Gasteiger partial charge in [-0.2, -0.15) is 0 Å². The first kappa shape index (κ1) is 67.1. The molecule has 18 heteroatoms. The van der Waals surface area contributed by atoms with E-state index in [0.29, 0.717) is 69.8 Å². The van der Waals surface area contributed by atoms with Crippen molar-refractivity contribution < 1.29 is 76.2 Å². The van der Waals surface area contributed by atoms with E-state index in [1.165, 1.54) is 12.0 Å². The third-order valence-electron chi connectivity index (χ3n) is 17.1. The van der Waals surface area contributed by atoms with E-state index in [1.807, 2.05) is 83.8 Å². The van der Waals surface area contributed by atoms with E-state index in [0.717, 1.165) is 5.57 Å². The highest BCUT2D eigenvalue weighted by molar-refractivity contribution is 6.69. The number of carbonyl (C=O) groups excluding carboxylic acids is 6. The number of methoxy groups -OCH3 is 3. The van der Waals surface area contributed by atoms with Crippen molar-refractivity contribution in [3.63, 3.8) is 0 Å². The van der Waals surface area contributed by atoms with Crippen molar-refractivity contribution in [2.45, 2.75) is 226 Å². The number of amides is 1. The molecule has 80 heavy (non-hydrogen) atoms. The van der Waals surface area contributed by atoms with Gasteiger partial charge in [-0.3, -0.25) is 24.0 Å². The zero-order valence-electron chi connectivity index (χ0n) is 51.2. The molecule has 1 aliphatic carbocycles. The summed E-state index contributed by atoms with van der Waals surface area (Å²) in [4.78, 5) is 87.6. The first-order chi connectivity index (χ1) is 37.5. The van der Waals surface area contributed by atoms with Gasteiger partial charge in [0.05, 0.1) is 37.6 Å². The van der Waals surface area contributed by atoms with Crippen LogP contribution in [0.1, 0.15) is 146 Å². The summed E-state index contributed by atoms with van der Waals surface area (Å²) in [5.74, 6) is -9.08. The summed E-state index contributed by atoms with van der Waals surface area (Å²) in [6.07, 6.45) is 12.0. The maximum absolute atomic E-state index is 14.8. The molecule has 0 radical (unpaired) electrons. The number of ketones is 3. The van der Waals surface area contributed by atoms with Crippen molar-refractivity contribution in [1.82, 2.24) is 4.90 Å². The van der Waals surface area contributed by atoms with Crippen LogP contribution in [0.2, 0.25) is 19.6 Å². The Morgan fingerprint density at radius 1 is 0.812 bits per heavy atom. The molecule has 1 amide bonds. The molecule has 15 unspecified atom stereocenters. The fourth-order valence-corrected chi connectivity index (χ4v) is 13.0. The van der Waals surface area contributed by atoms with Crippen molar-refractivity contribution in [2.24, 2.45) is 40.9 Å². The molecular weight excluding hydrogens is 1040 g/mol. The van der Waals surface area contributed by atoms with E-state index >= 15 is 0 Å². The Hall–Kier alpha value is -3.72. The number of cyclic esters (lactones) is 1. The van der Waals surface area contributed by atoms with Gasteiger partial charge in [0, 0.05) is 58.5 Å². The molecule has 15 atom stereocenters. The Bertz CT molecular complexity index is 2260. The number of Topliss-reactive ketones (excluding diaryl/α,β-unsaturated/α-hetero) is 3. The maximum Gasteiger partial charge on any atom is 0.329 e. The van der Waals surface area contributed by atoms with Gasteiger partial charge in [-0.25, -0.2) is 4.79 Å². The van der Waals surface area contributed by atoms with Gasteiger partial charge in [-0.05, 0) is 147 Å². The minimum Gasteiger partial charge on any atom is -0.460 e. The first-order valence-electron chi connectivity index (χ1n) is 29.4.